The number of carbonyl (C=O) groups is 1. The molecular formula is C16H23N3O2. The molecule has 2 aliphatic heterocycles. The van der Waals surface area contributed by atoms with E-state index in [1.54, 1.807) is 6.20 Å². The largest absolute Gasteiger partial charge is 0.376 e. The third-order valence-electron chi connectivity index (χ3n) is 4.20. The minimum atomic E-state index is -0.0424. The van der Waals surface area contributed by atoms with Gasteiger partial charge in [-0.05, 0) is 44.2 Å². The lowest BCUT2D eigenvalue weighted by molar-refractivity contribution is 0.0858. The van der Waals surface area contributed by atoms with E-state index in [0.717, 1.165) is 38.4 Å². The number of piperidine rings is 1. The van der Waals surface area contributed by atoms with Crippen molar-refractivity contribution in [3.8, 4) is 0 Å². The molecule has 1 atom stereocenters. The Kier molecular flexibility index (Phi) is 4.70. The second kappa shape index (κ2) is 6.89. The Hall–Kier alpha value is -1.62. The second-order valence-electron chi connectivity index (χ2n) is 5.77. The summed E-state index contributed by atoms with van der Waals surface area (Å²) in [6, 6.07) is 3.69. The Morgan fingerprint density at radius 3 is 2.95 bits per heavy atom. The number of anilines is 1. The molecule has 2 aliphatic rings. The maximum atomic E-state index is 12.4. The van der Waals surface area contributed by atoms with Crippen LogP contribution in [0.1, 0.15) is 42.5 Å². The highest BCUT2D eigenvalue weighted by molar-refractivity contribution is 5.98. The summed E-state index contributed by atoms with van der Waals surface area (Å²) < 4.78 is 5.55. The van der Waals surface area contributed by atoms with E-state index in [9.17, 15) is 4.79 Å². The van der Waals surface area contributed by atoms with Crippen LogP contribution in [0.5, 0.6) is 0 Å². The molecule has 21 heavy (non-hydrogen) atoms. The van der Waals surface area contributed by atoms with Crippen molar-refractivity contribution < 1.29 is 9.53 Å². The van der Waals surface area contributed by atoms with Gasteiger partial charge < -0.3 is 15.0 Å². The number of ether oxygens (including phenoxy) is 1. The first-order chi connectivity index (χ1) is 10.3. The van der Waals surface area contributed by atoms with Gasteiger partial charge >= 0.3 is 0 Å². The molecule has 0 aliphatic carbocycles. The maximum Gasteiger partial charge on any atom is 0.255 e. The van der Waals surface area contributed by atoms with Gasteiger partial charge in [-0.3, -0.25) is 4.79 Å². The molecule has 2 fully saturated rings. The molecule has 5 heteroatoms. The molecule has 2 saturated heterocycles. The number of rotatable bonds is 4. The van der Waals surface area contributed by atoms with Crippen LogP contribution in [0.4, 0.5) is 5.82 Å². The van der Waals surface area contributed by atoms with Crippen LogP contribution >= 0.6 is 0 Å². The average Bonchev–Trinajstić information content (AvgIpc) is 3.07. The fourth-order valence-corrected chi connectivity index (χ4v) is 3.04. The normalized spacial score (nSPS) is 22.3. The van der Waals surface area contributed by atoms with Crippen molar-refractivity contribution in [3.63, 3.8) is 0 Å². The summed E-state index contributed by atoms with van der Waals surface area (Å²) in [5.74, 6) is 0.779. The van der Waals surface area contributed by atoms with Crippen LogP contribution in [0.3, 0.4) is 0 Å². The zero-order valence-electron chi connectivity index (χ0n) is 12.4. The SMILES string of the molecule is O=C(NC[C@H]1CCCO1)c1cccnc1N1CCCCC1. The topological polar surface area (TPSA) is 54.5 Å². The van der Waals surface area contributed by atoms with Crippen LogP contribution in [0.15, 0.2) is 18.3 Å². The summed E-state index contributed by atoms with van der Waals surface area (Å²) in [5.41, 5.74) is 0.678. The summed E-state index contributed by atoms with van der Waals surface area (Å²) >= 11 is 0. The van der Waals surface area contributed by atoms with Crippen molar-refractivity contribution in [1.29, 1.82) is 0 Å². The van der Waals surface area contributed by atoms with Crippen molar-refractivity contribution in [2.24, 2.45) is 0 Å². The molecule has 0 spiro atoms. The van der Waals surface area contributed by atoms with Crippen molar-refractivity contribution in [2.45, 2.75) is 38.2 Å². The van der Waals surface area contributed by atoms with Gasteiger partial charge in [0.05, 0.1) is 11.7 Å². The van der Waals surface area contributed by atoms with Crippen molar-refractivity contribution in [3.05, 3.63) is 23.9 Å². The molecule has 1 aromatic heterocycles. The van der Waals surface area contributed by atoms with Gasteiger partial charge in [-0.15, -0.1) is 0 Å². The maximum absolute atomic E-state index is 12.4. The van der Waals surface area contributed by atoms with E-state index in [-0.39, 0.29) is 12.0 Å². The van der Waals surface area contributed by atoms with E-state index in [2.05, 4.69) is 15.2 Å². The van der Waals surface area contributed by atoms with E-state index in [0.29, 0.717) is 12.1 Å². The number of hydrogen-bond acceptors (Lipinski definition) is 4. The van der Waals surface area contributed by atoms with Gasteiger partial charge in [0.15, 0.2) is 0 Å². The highest BCUT2D eigenvalue weighted by Gasteiger charge is 2.21. The lowest BCUT2D eigenvalue weighted by Gasteiger charge is -2.29. The minimum Gasteiger partial charge on any atom is -0.376 e. The minimum absolute atomic E-state index is 0.0424. The molecule has 0 bridgehead atoms. The molecule has 0 radical (unpaired) electrons. The van der Waals surface area contributed by atoms with Crippen LogP contribution in [-0.2, 0) is 4.74 Å². The van der Waals surface area contributed by atoms with Crippen molar-refractivity contribution >= 4 is 11.7 Å². The fourth-order valence-electron chi connectivity index (χ4n) is 3.04. The highest BCUT2D eigenvalue weighted by atomic mass is 16.5. The number of nitrogens with one attached hydrogen (secondary N) is 1. The molecule has 1 amide bonds. The van der Waals surface area contributed by atoms with E-state index in [4.69, 9.17) is 4.74 Å². The number of hydrogen-bond donors (Lipinski definition) is 1. The molecule has 3 rings (SSSR count). The van der Waals surface area contributed by atoms with Crippen LogP contribution in [0, 0.1) is 0 Å². The molecular weight excluding hydrogens is 266 g/mol. The van der Waals surface area contributed by atoms with Crippen LogP contribution in [0.2, 0.25) is 0 Å². The van der Waals surface area contributed by atoms with Gasteiger partial charge in [-0.1, -0.05) is 0 Å². The molecule has 1 N–H and O–H groups in total. The predicted octanol–water partition coefficient (Wildman–Crippen LogP) is 1.98. The summed E-state index contributed by atoms with van der Waals surface area (Å²) in [5, 5.41) is 2.99. The molecule has 0 aromatic carbocycles. The van der Waals surface area contributed by atoms with Gasteiger partial charge in [0, 0.05) is 32.4 Å². The zero-order chi connectivity index (χ0) is 14.5. The van der Waals surface area contributed by atoms with E-state index < -0.39 is 0 Å². The summed E-state index contributed by atoms with van der Waals surface area (Å²) in [4.78, 5) is 19.1. The van der Waals surface area contributed by atoms with Gasteiger partial charge in [0.25, 0.3) is 5.91 Å². The standard InChI is InChI=1S/C16H23N3O2/c20-16(18-12-13-6-5-11-21-13)14-7-4-8-17-15(14)19-9-2-1-3-10-19/h4,7-8,13H,1-3,5-6,9-12H2,(H,18,20)/t13-/m1/s1. The molecule has 114 valence electrons. The Labute approximate surface area is 125 Å². The number of amides is 1. The molecule has 0 saturated carbocycles. The van der Waals surface area contributed by atoms with Crippen molar-refractivity contribution in [1.82, 2.24) is 10.3 Å². The van der Waals surface area contributed by atoms with E-state index in [1.165, 1.54) is 19.3 Å². The molecule has 5 nitrogen and oxygen atoms in total. The number of aromatic nitrogens is 1. The van der Waals surface area contributed by atoms with Gasteiger partial charge in [0.1, 0.15) is 5.82 Å². The summed E-state index contributed by atoms with van der Waals surface area (Å²) in [6.07, 6.45) is 7.67. The number of pyridine rings is 1. The number of carbonyl (C=O) groups excluding carboxylic acids is 1. The molecule has 0 unspecified atom stereocenters. The molecule has 1 aromatic rings. The average molecular weight is 289 g/mol. The monoisotopic (exact) mass is 289 g/mol. The van der Waals surface area contributed by atoms with Crippen molar-refractivity contribution in [2.75, 3.05) is 31.1 Å². The number of nitrogens with zero attached hydrogens (tertiary/aromatic N) is 2. The predicted molar refractivity (Wildman–Crippen MR) is 81.6 cm³/mol. The van der Waals surface area contributed by atoms with E-state index >= 15 is 0 Å². The van der Waals surface area contributed by atoms with Crippen LogP contribution in [0.25, 0.3) is 0 Å². The van der Waals surface area contributed by atoms with Gasteiger partial charge in [-0.25, -0.2) is 4.98 Å². The van der Waals surface area contributed by atoms with Gasteiger partial charge in [-0.2, -0.15) is 0 Å². The zero-order valence-corrected chi connectivity index (χ0v) is 12.4. The smallest absolute Gasteiger partial charge is 0.255 e. The lowest BCUT2D eigenvalue weighted by atomic mass is 10.1. The quantitative estimate of drug-likeness (QED) is 0.921. The Bertz CT molecular complexity index is 480. The summed E-state index contributed by atoms with van der Waals surface area (Å²) in [7, 11) is 0. The van der Waals surface area contributed by atoms with Crippen LogP contribution < -0.4 is 10.2 Å². The second-order valence-corrected chi connectivity index (χ2v) is 5.77. The Balaban J connectivity index is 1.66. The fraction of sp³-hybridized carbons (Fsp3) is 0.625. The Morgan fingerprint density at radius 1 is 1.33 bits per heavy atom. The Morgan fingerprint density at radius 2 is 2.19 bits per heavy atom. The summed E-state index contributed by atoms with van der Waals surface area (Å²) in [6.45, 7) is 3.38. The van der Waals surface area contributed by atoms with E-state index in [1.807, 2.05) is 12.1 Å². The third kappa shape index (κ3) is 3.53. The third-order valence-corrected chi connectivity index (χ3v) is 4.20. The molecule has 3 heterocycles. The van der Waals surface area contributed by atoms with Crippen LogP contribution in [-0.4, -0.2) is 43.2 Å². The first kappa shape index (κ1) is 14.3. The lowest BCUT2D eigenvalue weighted by Crippen LogP contribution is -2.35. The highest BCUT2D eigenvalue weighted by Crippen LogP contribution is 2.21. The van der Waals surface area contributed by atoms with Gasteiger partial charge in [0.2, 0.25) is 0 Å². The first-order valence-electron chi connectivity index (χ1n) is 7.94. The first-order valence-corrected chi connectivity index (χ1v) is 7.94.